The average Bonchev–Trinajstić information content (AvgIpc) is 3.20. The van der Waals surface area contributed by atoms with E-state index in [2.05, 4.69) is 15.3 Å². The Kier molecular flexibility index (Phi) is 7.81. The molecule has 2 N–H and O–H groups in total. The minimum Gasteiger partial charge on any atom is -0.482 e. The number of anilines is 1. The number of hydrogen-bond acceptors (Lipinski definition) is 6. The zero-order chi connectivity index (χ0) is 22.1. The molecule has 0 aliphatic carbocycles. The summed E-state index contributed by atoms with van der Waals surface area (Å²) in [4.78, 5) is 28.7. The molecule has 0 atom stereocenters. The van der Waals surface area contributed by atoms with Gasteiger partial charge in [-0.3, -0.25) is 15.1 Å². The van der Waals surface area contributed by atoms with Crippen molar-refractivity contribution in [3.8, 4) is 17.0 Å². The summed E-state index contributed by atoms with van der Waals surface area (Å²) in [5, 5.41) is 12.0. The number of rotatable bonds is 5. The first kappa shape index (κ1) is 22.7. The number of hydrogen-bond donors (Lipinski definition) is 2. The van der Waals surface area contributed by atoms with Crippen molar-refractivity contribution in [3.63, 3.8) is 0 Å². The maximum absolute atomic E-state index is 13.7. The van der Waals surface area contributed by atoms with E-state index in [1.165, 1.54) is 23.6 Å². The van der Waals surface area contributed by atoms with E-state index < -0.39 is 12.1 Å². The third-order valence-electron chi connectivity index (χ3n) is 3.18. The van der Waals surface area contributed by atoms with Crippen molar-refractivity contribution < 1.29 is 37.0 Å². The summed E-state index contributed by atoms with van der Waals surface area (Å²) in [5.74, 6) is -2.97. The zero-order valence-electron chi connectivity index (χ0n) is 14.9. The molecule has 3 rings (SSSR count). The van der Waals surface area contributed by atoms with Gasteiger partial charge in [0.1, 0.15) is 11.6 Å². The first-order valence-electron chi connectivity index (χ1n) is 8.00. The topological polar surface area (TPSA) is 101 Å². The number of benzene rings is 1. The minimum absolute atomic E-state index is 0.152. The van der Waals surface area contributed by atoms with Gasteiger partial charge in [-0.15, -0.1) is 11.3 Å². The van der Waals surface area contributed by atoms with Crippen molar-refractivity contribution in [1.82, 2.24) is 9.97 Å². The van der Waals surface area contributed by atoms with Crippen LogP contribution in [0.15, 0.2) is 54.2 Å². The number of amides is 1. The van der Waals surface area contributed by atoms with Crippen LogP contribution in [0.5, 0.6) is 5.75 Å². The van der Waals surface area contributed by atoms with Gasteiger partial charge < -0.3 is 9.84 Å². The molecule has 2 aromatic heterocycles. The lowest BCUT2D eigenvalue weighted by Gasteiger charge is -2.07. The predicted octanol–water partition coefficient (Wildman–Crippen LogP) is 4.00. The van der Waals surface area contributed by atoms with Crippen molar-refractivity contribution in [2.45, 2.75) is 6.18 Å². The van der Waals surface area contributed by atoms with Crippen LogP contribution in [-0.4, -0.2) is 39.7 Å². The maximum atomic E-state index is 13.7. The molecule has 30 heavy (non-hydrogen) atoms. The molecule has 1 amide bonds. The fraction of sp³-hybridized carbons (Fsp3) is 0.111. The quantitative estimate of drug-likeness (QED) is 0.578. The minimum atomic E-state index is -5.08. The van der Waals surface area contributed by atoms with Crippen LogP contribution in [0.2, 0.25) is 0 Å². The molecule has 0 saturated heterocycles. The molecule has 12 heteroatoms. The van der Waals surface area contributed by atoms with E-state index in [0.717, 1.165) is 0 Å². The normalized spacial score (nSPS) is 10.5. The second-order valence-electron chi connectivity index (χ2n) is 5.34. The summed E-state index contributed by atoms with van der Waals surface area (Å²) < 4.78 is 50.8. The van der Waals surface area contributed by atoms with E-state index in [1.54, 1.807) is 41.9 Å². The number of nitrogens with zero attached hydrogens (tertiary/aromatic N) is 2. The Hall–Kier alpha value is -3.54. The van der Waals surface area contributed by atoms with E-state index in [9.17, 15) is 22.4 Å². The van der Waals surface area contributed by atoms with Gasteiger partial charge in [0.25, 0.3) is 5.91 Å². The lowest BCUT2D eigenvalue weighted by atomic mass is 10.1. The molecule has 0 unspecified atom stereocenters. The highest BCUT2D eigenvalue weighted by Crippen LogP contribution is 2.22. The number of carboxylic acid groups (broad SMARTS) is 1. The lowest BCUT2D eigenvalue weighted by molar-refractivity contribution is -0.192. The molecule has 1 aromatic carbocycles. The van der Waals surface area contributed by atoms with Gasteiger partial charge in [-0.25, -0.2) is 14.2 Å². The van der Waals surface area contributed by atoms with E-state index in [-0.39, 0.29) is 18.3 Å². The van der Waals surface area contributed by atoms with Crippen molar-refractivity contribution in [3.05, 3.63) is 60.0 Å². The van der Waals surface area contributed by atoms with Gasteiger partial charge in [-0.2, -0.15) is 13.2 Å². The van der Waals surface area contributed by atoms with E-state index in [0.29, 0.717) is 22.1 Å². The fourth-order valence-electron chi connectivity index (χ4n) is 1.88. The maximum Gasteiger partial charge on any atom is 0.490 e. The average molecular weight is 443 g/mol. The number of alkyl halides is 3. The summed E-state index contributed by atoms with van der Waals surface area (Å²) in [6.07, 6.45) is -2.02. The summed E-state index contributed by atoms with van der Waals surface area (Å²) in [7, 11) is 0. The SMILES string of the molecule is O=C(COc1ccc(-c2ccccc2F)nc1)Nc1nccs1.O=C(O)C(F)(F)F. The summed E-state index contributed by atoms with van der Waals surface area (Å²) in [6, 6.07) is 9.69. The highest BCUT2D eigenvalue weighted by Gasteiger charge is 2.38. The Labute approximate surface area is 171 Å². The summed E-state index contributed by atoms with van der Waals surface area (Å²) >= 11 is 1.33. The van der Waals surface area contributed by atoms with Crippen molar-refractivity contribution in [2.24, 2.45) is 0 Å². The number of aliphatic carboxylic acids is 1. The number of carbonyl (C=O) groups excluding carboxylic acids is 1. The van der Waals surface area contributed by atoms with Crippen LogP contribution in [0.1, 0.15) is 0 Å². The number of pyridine rings is 1. The fourth-order valence-corrected chi connectivity index (χ4v) is 2.43. The molecule has 0 aliphatic rings. The first-order valence-corrected chi connectivity index (χ1v) is 8.88. The van der Waals surface area contributed by atoms with Crippen molar-refractivity contribution >= 4 is 28.3 Å². The lowest BCUT2D eigenvalue weighted by Crippen LogP contribution is -2.21. The molecule has 0 saturated carbocycles. The third-order valence-corrected chi connectivity index (χ3v) is 3.87. The number of halogens is 4. The Morgan fingerprint density at radius 3 is 2.37 bits per heavy atom. The van der Waals surface area contributed by atoms with E-state index in [4.69, 9.17) is 14.6 Å². The van der Waals surface area contributed by atoms with Crippen LogP contribution in [0.4, 0.5) is 22.7 Å². The molecule has 0 radical (unpaired) electrons. The van der Waals surface area contributed by atoms with Crippen LogP contribution in [0, 0.1) is 5.82 Å². The number of nitrogens with one attached hydrogen (secondary N) is 1. The number of carbonyl (C=O) groups is 2. The molecule has 158 valence electrons. The molecular formula is C18H13F4N3O4S. The van der Waals surface area contributed by atoms with Gasteiger partial charge in [-0.05, 0) is 24.3 Å². The van der Waals surface area contributed by atoms with Crippen LogP contribution >= 0.6 is 11.3 Å². The molecule has 0 fully saturated rings. The van der Waals surface area contributed by atoms with Gasteiger partial charge in [0.05, 0.1) is 11.9 Å². The van der Waals surface area contributed by atoms with Gasteiger partial charge in [0, 0.05) is 17.1 Å². The van der Waals surface area contributed by atoms with Crippen LogP contribution in [0.3, 0.4) is 0 Å². The van der Waals surface area contributed by atoms with Gasteiger partial charge in [0.2, 0.25) is 0 Å². The van der Waals surface area contributed by atoms with Gasteiger partial charge in [-0.1, -0.05) is 12.1 Å². The van der Waals surface area contributed by atoms with Gasteiger partial charge in [0.15, 0.2) is 11.7 Å². The molecule has 0 bridgehead atoms. The smallest absolute Gasteiger partial charge is 0.482 e. The first-order chi connectivity index (χ1) is 14.2. The zero-order valence-corrected chi connectivity index (χ0v) is 15.7. The highest BCUT2D eigenvalue weighted by atomic mass is 32.1. The Morgan fingerprint density at radius 1 is 1.13 bits per heavy atom. The van der Waals surface area contributed by atoms with Crippen LogP contribution in [0.25, 0.3) is 11.3 Å². The largest absolute Gasteiger partial charge is 0.490 e. The molecular weight excluding hydrogens is 430 g/mol. The van der Waals surface area contributed by atoms with Gasteiger partial charge >= 0.3 is 12.1 Å². The Balaban J connectivity index is 0.000000396. The number of aromatic nitrogens is 2. The molecule has 0 spiro atoms. The highest BCUT2D eigenvalue weighted by molar-refractivity contribution is 7.13. The van der Waals surface area contributed by atoms with E-state index >= 15 is 0 Å². The van der Waals surface area contributed by atoms with Crippen LogP contribution < -0.4 is 10.1 Å². The molecule has 0 aliphatic heterocycles. The second-order valence-corrected chi connectivity index (χ2v) is 6.23. The summed E-state index contributed by atoms with van der Waals surface area (Å²) in [6.45, 7) is -0.152. The number of carboxylic acids is 1. The molecule has 7 nitrogen and oxygen atoms in total. The Morgan fingerprint density at radius 2 is 1.83 bits per heavy atom. The van der Waals surface area contributed by atoms with Crippen molar-refractivity contribution in [2.75, 3.05) is 11.9 Å². The molecule has 2 heterocycles. The summed E-state index contributed by atoms with van der Waals surface area (Å²) in [5.41, 5.74) is 0.920. The van der Waals surface area contributed by atoms with Crippen LogP contribution in [-0.2, 0) is 9.59 Å². The van der Waals surface area contributed by atoms with E-state index in [1.807, 2.05) is 0 Å². The third kappa shape index (κ3) is 7.13. The van der Waals surface area contributed by atoms with Crippen molar-refractivity contribution in [1.29, 1.82) is 0 Å². The molecule has 3 aromatic rings. The predicted molar refractivity (Wildman–Crippen MR) is 99.6 cm³/mol. The monoisotopic (exact) mass is 443 g/mol. The number of ether oxygens (including phenoxy) is 1. The second kappa shape index (κ2) is 10.3. The number of thiazole rings is 1. The Bertz CT molecular complexity index is 980. The standard InChI is InChI=1S/C16H12FN3O2S.C2HF3O2/c17-13-4-2-1-3-12(13)14-6-5-11(9-19-14)22-10-15(21)20-16-18-7-8-23-16;3-2(4,5)1(6)7/h1-9H,10H2,(H,18,20,21);(H,6,7).